The maximum Gasteiger partial charge on any atom is 0.133 e. The Hall–Kier alpha value is -1.13. The molecule has 2 atom stereocenters. The first-order valence-electron chi connectivity index (χ1n) is 6.61. The summed E-state index contributed by atoms with van der Waals surface area (Å²) >= 11 is 0. The number of hydrogen-bond acceptors (Lipinski definition) is 4. The van der Waals surface area contributed by atoms with E-state index in [-0.39, 0.29) is 0 Å². The highest BCUT2D eigenvalue weighted by Gasteiger charge is 2.32. The molecule has 1 fully saturated rings. The quantitative estimate of drug-likeness (QED) is 0.874. The minimum atomic E-state index is 0.556. The van der Waals surface area contributed by atoms with E-state index < -0.39 is 0 Å². The van der Waals surface area contributed by atoms with Crippen molar-refractivity contribution in [1.82, 2.24) is 9.88 Å². The Balaban J connectivity index is 2.25. The van der Waals surface area contributed by atoms with Crippen LogP contribution in [-0.4, -0.2) is 43.1 Å². The number of nitrogens with zero attached hydrogens (tertiary/aromatic N) is 3. The van der Waals surface area contributed by atoms with Crippen LogP contribution in [-0.2, 0) is 6.54 Å². The predicted octanol–water partition coefficient (Wildman–Crippen LogP) is 1.24. The van der Waals surface area contributed by atoms with Crippen LogP contribution in [0, 0.1) is 12.8 Å². The van der Waals surface area contributed by atoms with Gasteiger partial charge in [0.1, 0.15) is 5.82 Å². The molecule has 2 rings (SSSR count). The van der Waals surface area contributed by atoms with Crippen molar-refractivity contribution in [3.63, 3.8) is 0 Å². The molecule has 1 aromatic rings. The first-order valence-corrected chi connectivity index (χ1v) is 6.61. The highest BCUT2D eigenvalue weighted by molar-refractivity contribution is 5.49. The van der Waals surface area contributed by atoms with E-state index in [9.17, 15) is 0 Å². The molecule has 1 saturated heterocycles. The van der Waals surface area contributed by atoms with Crippen LogP contribution in [0.25, 0.3) is 0 Å². The highest BCUT2D eigenvalue weighted by Crippen LogP contribution is 2.27. The molecule has 0 aliphatic carbocycles. The fourth-order valence-electron chi connectivity index (χ4n) is 2.80. The molecule has 0 radical (unpaired) electrons. The van der Waals surface area contributed by atoms with Gasteiger partial charge in [0.05, 0.1) is 0 Å². The number of aromatic nitrogens is 1. The second-order valence-corrected chi connectivity index (χ2v) is 5.55. The van der Waals surface area contributed by atoms with Crippen molar-refractivity contribution < 1.29 is 0 Å². The van der Waals surface area contributed by atoms with E-state index >= 15 is 0 Å². The van der Waals surface area contributed by atoms with Crippen LogP contribution < -0.4 is 10.6 Å². The summed E-state index contributed by atoms with van der Waals surface area (Å²) in [6.07, 6.45) is 0. The van der Waals surface area contributed by atoms with E-state index in [1.165, 1.54) is 0 Å². The monoisotopic (exact) mass is 248 g/mol. The molecule has 0 bridgehead atoms. The molecule has 0 amide bonds. The van der Waals surface area contributed by atoms with Crippen molar-refractivity contribution in [2.45, 2.75) is 26.4 Å². The van der Waals surface area contributed by atoms with Crippen LogP contribution in [0.15, 0.2) is 12.1 Å². The van der Waals surface area contributed by atoms with E-state index in [0.29, 0.717) is 18.5 Å². The molecule has 1 aliphatic heterocycles. The van der Waals surface area contributed by atoms with Crippen molar-refractivity contribution in [1.29, 1.82) is 0 Å². The lowest BCUT2D eigenvalue weighted by Crippen LogP contribution is -2.34. The summed E-state index contributed by atoms with van der Waals surface area (Å²) < 4.78 is 0. The zero-order chi connectivity index (χ0) is 13.3. The van der Waals surface area contributed by atoms with Gasteiger partial charge in [0.25, 0.3) is 0 Å². The van der Waals surface area contributed by atoms with Crippen LogP contribution >= 0.6 is 0 Å². The van der Waals surface area contributed by atoms with Gasteiger partial charge in [-0.3, -0.25) is 0 Å². The predicted molar refractivity (Wildman–Crippen MR) is 75.7 cm³/mol. The second kappa shape index (κ2) is 5.24. The zero-order valence-electron chi connectivity index (χ0n) is 11.8. The largest absolute Gasteiger partial charge is 0.354 e. The van der Waals surface area contributed by atoms with Crippen molar-refractivity contribution in [2.24, 2.45) is 11.7 Å². The van der Waals surface area contributed by atoms with Gasteiger partial charge in [0.2, 0.25) is 0 Å². The number of aryl methyl sites for hydroxylation is 1. The summed E-state index contributed by atoms with van der Waals surface area (Å²) in [5, 5.41) is 0. The Morgan fingerprint density at radius 1 is 1.39 bits per heavy atom. The van der Waals surface area contributed by atoms with Gasteiger partial charge in [0, 0.05) is 36.9 Å². The normalized spacial score (nSPS) is 24.0. The first-order chi connectivity index (χ1) is 8.52. The molecule has 2 unspecified atom stereocenters. The van der Waals surface area contributed by atoms with Gasteiger partial charge in [-0.1, -0.05) is 13.0 Å². The lowest BCUT2D eigenvalue weighted by molar-refractivity contribution is 0.266. The lowest BCUT2D eigenvalue weighted by Gasteiger charge is -2.23. The number of rotatable bonds is 3. The van der Waals surface area contributed by atoms with Crippen LogP contribution in [0.3, 0.4) is 0 Å². The maximum absolute atomic E-state index is 5.82. The van der Waals surface area contributed by atoms with Gasteiger partial charge < -0.3 is 15.5 Å². The molecule has 4 nitrogen and oxygen atoms in total. The third kappa shape index (κ3) is 2.49. The summed E-state index contributed by atoms with van der Waals surface area (Å²) in [7, 11) is 4.30. The molecule has 0 spiro atoms. The summed E-state index contributed by atoms with van der Waals surface area (Å²) in [6.45, 7) is 7.00. The van der Waals surface area contributed by atoms with E-state index in [2.05, 4.69) is 41.9 Å². The molecule has 4 heteroatoms. The number of anilines is 1. The Bertz CT molecular complexity index is 416. The van der Waals surface area contributed by atoms with Crippen LogP contribution in [0.5, 0.6) is 0 Å². The molecule has 1 aliphatic rings. The van der Waals surface area contributed by atoms with Crippen LogP contribution in [0.1, 0.15) is 18.2 Å². The Morgan fingerprint density at radius 3 is 2.67 bits per heavy atom. The fourth-order valence-corrected chi connectivity index (χ4v) is 2.80. The van der Waals surface area contributed by atoms with E-state index in [1.54, 1.807) is 0 Å². The van der Waals surface area contributed by atoms with Gasteiger partial charge in [-0.15, -0.1) is 0 Å². The smallest absolute Gasteiger partial charge is 0.133 e. The average molecular weight is 248 g/mol. The molecule has 100 valence electrons. The van der Waals surface area contributed by atoms with Crippen molar-refractivity contribution in [3.05, 3.63) is 23.4 Å². The molecule has 1 aromatic heterocycles. The average Bonchev–Trinajstić information content (AvgIpc) is 2.71. The fraction of sp³-hybridized carbons (Fsp3) is 0.643. The van der Waals surface area contributed by atoms with Gasteiger partial charge in [-0.25, -0.2) is 4.98 Å². The summed E-state index contributed by atoms with van der Waals surface area (Å²) in [5.74, 6) is 1.74. The Morgan fingerprint density at radius 2 is 2.11 bits per heavy atom. The molecular formula is C14H24N4. The lowest BCUT2D eigenvalue weighted by atomic mass is 10.1. The third-order valence-electron chi connectivity index (χ3n) is 3.85. The number of pyridine rings is 1. The second-order valence-electron chi connectivity index (χ2n) is 5.55. The van der Waals surface area contributed by atoms with Gasteiger partial charge in [0.15, 0.2) is 0 Å². The standard InChI is InChI=1S/C14H24N4/c1-10-8-18(9-13(10)17(3)4)14-12(7-15)6-5-11(2)16-14/h5-6,10,13H,7-9,15H2,1-4H3. The van der Waals surface area contributed by atoms with Crippen LogP contribution in [0.2, 0.25) is 0 Å². The van der Waals surface area contributed by atoms with E-state index in [0.717, 1.165) is 30.2 Å². The number of hydrogen-bond donors (Lipinski definition) is 1. The van der Waals surface area contributed by atoms with Gasteiger partial charge >= 0.3 is 0 Å². The van der Waals surface area contributed by atoms with Gasteiger partial charge in [-0.2, -0.15) is 0 Å². The topological polar surface area (TPSA) is 45.4 Å². The zero-order valence-corrected chi connectivity index (χ0v) is 11.8. The summed E-state index contributed by atoms with van der Waals surface area (Å²) in [6, 6.07) is 4.73. The van der Waals surface area contributed by atoms with Gasteiger partial charge in [-0.05, 0) is 33.0 Å². The molecule has 18 heavy (non-hydrogen) atoms. The first kappa shape index (κ1) is 13.3. The van der Waals surface area contributed by atoms with Crippen molar-refractivity contribution >= 4 is 5.82 Å². The Kier molecular flexibility index (Phi) is 3.88. The third-order valence-corrected chi connectivity index (χ3v) is 3.85. The van der Waals surface area contributed by atoms with Crippen LogP contribution in [0.4, 0.5) is 5.82 Å². The summed E-state index contributed by atoms with van der Waals surface area (Å²) in [4.78, 5) is 9.37. The minimum Gasteiger partial charge on any atom is -0.354 e. The number of nitrogens with two attached hydrogens (primary N) is 1. The molecule has 0 aromatic carbocycles. The van der Waals surface area contributed by atoms with E-state index in [1.807, 2.05) is 13.0 Å². The van der Waals surface area contributed by atoms with Crippen molar-refractivity contribution in [3.8, 4) is 0 Å². The molecule has 0 saturated carbocycles. The van der Waals surface area contributed by atoms with Crippen molar-refractivity contribution in [2.75, 3.05) is 32.1 Å². The summed E-state index contributed by atoms with van der Waals surface area (Å²) in [5.41, 5.74) is 8.02. The van der Waals surface area contributed by atoms with E-state index in [4.69, 9.17) is 5.73 Å². The number of likely N-dealkylation sites (N-methyl/N-ethyl adjacent to an activating group) is 1. The Labute approximate surface area is 110 Å². The SMILES string of the molecule is Cc1ccc(CN)c(N2CC(C)C(N(C)C)C2)n1. The highest BCUT2D eigenvalue weighted by atomic mass is 15.3. The molecule has 2 N–H and O–H groups in total. The maximum atomic E-state index is 5.82. The minimum absolute atomic E-state index is 0.556. The molecular weight excluding hydrogens is 224 g/mol. The molecule has 2 heterocycles.